The van der Waals surface area contributed by atoms with Gasteiger partial charge in [-0.1, -0.05) is 29.8 Å². The van der Waals surface area contributed by atoms with Crippen molar-refractivity contribution in [1.29, 1.82) is 0 Å². The lowest BCUT2D eigenvalue weighted by atomic mass is 9.93. The number of hydrogen-bond acceptors (Lipinski definition) is 3. The molecular formula is C19H24ClN3O. The lowest BCUT2D eigenvalue weighted by Gasteiger charge is -2.18. The Labute approximate surface area is 148 Å². The molecule has 2 rings (SSSR count). The molecule has 0 bridgehead atoms. The number of nitrogens with one attached hydrogen (secondary N) is 1. The lowest BCUT2D eigenvalue weighted by Crippen LogP contribution is -2.32. The molecule has 1 heterocycles. The minimum absolute atomic E-state index is 0.0294. The van der Waals surface area contributed by atoms with Gasteiger partial charge in [0.15, 0.2) is 0 Å². The van der Waals surface area contributed by atoms with E-state index in [0.717, 1.165) is 24.2 Å². The molecule has 5 heteroatoms. The smallest absolute Gasteiger partial charge is 0.227 e. The maximum Gasteiger partial charge on any atom is 0.227 e. The largest absolute Gasteiger partial charge is 0.356 e. The van der Waals surface area contributed by atoms with Gasteiger partial charge in [0, 0.05) is 29.9 Å². The summed E-state index contributed by atoms with van der Waals surface area (Å²) in [6.45, 7) is 1.62. The second-order valence-corrected chi connectivity index (χ2v) is 6.51. The van der Waals surface area contributed by atoms with Crippen LogP contribution in [0.4, 0.5) is 0 Å². The van der Waals surface area contributed by atoms with E-state index in [-0.39, 0.29) is 11.8 Å². The average Bonchev–Trinajstić information content (AvgIpc) is 2.58. The van der Waals surface area contributed by atoms with Crippen LogP contribution in [0.3, 0.4) is 0 Å². The van der Waals surface area contributed by atoms with E-state index in [1.165, 1.54) is 0 Å². The molecule has 0 fully saturated rings. The predicted octanol–water partition coefficient (Wildman–Crippen LogP) is 3.13. The van der Waals surface area contributed by atoms with Crippen LogP contribution in [0.2, 0.25) is 5.02 Å². The Morgan fingerprint density at radius 2 is 1.96 bits per heavy atom. The minimum atomic E-state index is -0.267. The van der Waals surface area contributed by atoms with Crippen LogP contribution >= 0.6 is 11.6 Å². The zero-order valence-corrected chi connectivity index (χ0v) is 15.0. The van der Waals surface area contributed by atoms with E-state index in [1.54, 1.807) is 6.20 Å². The summed E-state index contributed by atoms with van der Waals surface area (Å²) >= 11 is 5.97. The molecule has 1 N–H and O–H groups in total. The molecular weight excluding hydrogens is 322 g/mol. The van der Waals surface area contributed by atoms with Crippen molar-refractivity contribution in [2.45, 2.75) is 18.8 Å². The van der Waals surface area contributed by atoms with Crippen molar-refractivity contribution in [2.75, 3.05) is 27.2 Å². The normalized spacial score (nSPS) is 12.2. The van der Waals surface area contributed by atoms with Gasteiger partial charge in [-0.05, 0) is 56.9 Å². The molecule has 1 unspecified atom stereocenters. The number of rotatable bonds is 8. The van der Waals surface area contributed by atoms with Crippen molar-refractivity contribution in [1.82, 2.24) is 15.2 Å². The first-order valence-electron chi connectivity index (χ1n) is 8.14. The zero-order chi connectivity index (χ0) is 17.4. The van der Waals surface area contributed by atoms with Gasteiger partial charge in [0.05, 0.1) is 5.92 Å². The Hall–Kier alpha value is -1.91. The third kappa shape index (κ3) is 5.95. The molecule has 1 aromatic carbocycles. The molecule has 0 aliphatic carbocycles. The third-order valence-electron chi connectivity index (χ3n) is 3.81. The van der Waals surface area contributed by atoms with Crippen LogP contribution < -0.4 is 5.32 Å². The average molecular weight is 346 g/mol. The van der Waals surface area contributed by atoms with E-state index in [9.17, 15) is 4.79 Å². The van der Waals surface area contributed by atoms with E-state index in [2.05, 4.69) is 15.2 Å². The Morgan fingerprint density at radius 3 is 2.58 bits per heavy atom. The number of aromatic nitrogens is 1. The van der Waals surface area contributed by atoms with E-state index >= 15 is 0 Å². The fourth-order valence-corrected chi connectivity index (χ4v) is 2.64. The van der Waals surface area contributed by atoms with Crippen molar-refractivity contribution >= 4 is 17.5 Å². The van der Waals surface area contributed by atoms with Crippen LogP contribution in [0.5, 0.6) is 0 Å². The van der Waals surface area contributed by atoms with Crippen molar-refractivity contribution in [2.24, 2.45) is 0 Å². The molecule has 1 aromatic heterocycles. The first-order chi connectivity index (χ1) is 11.6. The summed E-state index contributed by atoms with van der Waals surface area (Å²) in [5.74, 6) is -0.238. The zero-order valence-electron chi connectivity index (χ0n) is 14.2. The Kier molecular flexibility index (Phi) is 7.22. The van der Waals surface area contributed by atoms with Gasteiger partial charge in [-0.25, -0.2) is 0 Å². The summed E-state index contributed by atoms with van der Waals surface area (Å²) in [4.78, 5) is 19.2. The van der Waals surface area contributed by atoms with Gasteiger partial charge < -0.3 is 10.2 Å². The van der Waals surface area contributed by atoms with Crippen LogP contribution in [0, 0.1) is 0 Å². The molecule has 128 valence electrons. The number of carbonyl (C=O) groups is 1. The second-order valence-electron chi connectivity index (χ2n) is 6.08. The molecule has 0 radical (unpaired) electrons. The number of benzene rings is 1. The lowest BCUT2D eigenvalue weighted by molar-refractivity contribution is -0.122. The SMILES string of the molecule is CN(C)CCCNC(=O)C(Cc1ccccn1)c1ccc(Cl)cc1. The highest BCUT2D eigenvalue weighted by molar-refractivity contribution is 6.30. The first-order valence-corrected chi connectivity index (χ1v) is 8.52. The molecule has 1 atom stereocenters. The van der Waals surface area contributed by atoms with Crippen LogP contribution in [0.1, 0.15) is 23.6 Å². The molecule has 24 heavy (non-hydrogen) atoms. The van der Waals surface area contributed by atoms with Crippen molar-refractivity contribution in [3.8, 4) is 0 Å². The van der Waals surface area contributed by atoms with Crippen LogP contribution in [0.15, 0.2) is 48.7 Å². The summed E-state index contributed by atoms with van der Waals surface area (Å²) in [7, 11) is 4.05. The Morgan fingerprint density at radius 1 is 1.21 bits per heavy atom. The van der Waals surface area contributed by atoms with E-state index in [4.69, 9.17) is 11.6 Å². The fourth-order valence-electron chi connectivity index (χ4n) is 2.52. The summed E-state index contributed by atoms with van der Waals surface area (Å²) in [6.07, 6.45) is 3.25. The first kappa shape index (κ1) is 18.4. The Balaban J connectivity index is 2.07. The maximum atomic E-state index is 12.7. The molecule has 0 aliphatic heterocycles. The molecule has 0 spiro atoms. The number of nitrogens with zero attached hydrogens (tertiary/aromatic N) is 2. The fraction of sp³-hybridized carbons (Fsp3) is 0.368. The molecule has 0 aliphatic rings. The maximum absolute atomic E-state index is 12.7. The van der Waals surface area contributed by atoms with E-state index in [0.29, 0.717) is 18.0 Å². The van der Waals surface area contributed by atoms with Crippen LogP contribution in [-0.2, 0) is 11.2 Å². The van der Waals surface area contributed by atoms with E-state index in [1.807, 2.05) is 56.6 Å². The number of halogens is 1. The second kappa shape index (κ2) is 9.40. The number of carbonyl (C=O) groups excluding carboxylic acids is 1. The van der Waals surface area contributed by atoms with Gasteiger partial charge in [0.25, 0.3) is 0 Å². The van der Waals surface area contributed by atoms with Gasteiger partial charge in [-0.3, -0.25) is 9.78 Å². The highest BCUT2D eigenvalue weighted by Crippen LogP contribution is 2.22. The molecule has 0 saturated heterocycles. The van der Waals surface area contributed by atoms with Crippen molar-refractivity contribution in [3.05, 3.63) is 64.9 Å². The minimum Gasteiger partial charge on any atom is -0.356 e. The van der Waals surface area contributed by atoms with E-state index < -0.39 is 0 Å². The third-order valence-corrected chi connectivity index (χ3v) is 4.06. The standard InChI is InChI=1S/C19H24ClN3O/c1-23(2)13-5-12-22-19(24)18(14-17-6-3-4-11-21-17)15-7-9-16(20)10-8-15/h3-4,6-11,18H,5,12-14H2,1-2H3,(H,22,24). The molecule has 1 amide bonds. The monoisotopic (exact) mass is 345 g/mol. The molecule has 4 nitrogen and oxygen atoms in total. The summed E-state index contributed by atoms with van der Waals surface area (Å²) in [5, 5.41) is 3.71. The topological polar surface area (TPSA) is 45.2 Å². The van der Waals surface area contributed by atoms with Crippen molar-refractivity contribution in [3.63, 3.8) is 0 Å². The predicted molar refractivity (Wildman–Crippen MR) is 98.3 cm³/mol. The van der Waals surface area contributed by atoms with Gasteiger partial charge in [-0.15, -0.1) is 0 Å². The highest BCUT2D eigenvalue weighted by atomic mass is 35.5. The quantitative estimate of drug-likeness (QED) is 0.748. The van der Waals surface area contributed by atoms with Crippen LogP contribution in [0.25, 0.3) is 0 Å². The van der Waals surface area contributed by atoms with Gasteiger partial charge in [-0.2, -0.15) is 0 Å². The van der Waals surface area contributed by atoms with Crippen LogP contribution in [-0.4, -0.2) is 43.0 Å². The number of hydrogen-bond donors (Lipinski definition) is 1. The summed E-state index contributed by atoms with van der Waals surface area (Å²) in [5.41, 5.74) is 1.86. The summed E-state index contributed by atoms with van der Waals surface area (Å²) in [6, 6.07) is 13.2. The highest BCUT2D eigenvalue weighted by Gasteiger charge is 2.21. The number of amides is 1. The molecule has 0 saturated carbocycles. The van der Waals surface area contributed by atoms with Gasteiger partial charge in [0.2, 0.25) is 5.91 Å². The summed E-state index contributed by atoms with van der Waals surface area (Å²) < 4.78 is 0. The van der Waals surface area contributed by atoms with Gasteiger partial charge >= 0.3 is 0 Å². The Bertz CT molecular complexity index is 629. The van der Waals surface area contributed by atoms with Gasteiger partial charge in [0.1, 0.15) is 0 Å². The van der Waals surface area contributed by atoms with Crippen molar-refractivity contribution < 1.29 is 4.79 Å². The number of pyridine rings is 1. The molecule has 2 aromatic rings.